The average Bonchev–Trinajstić information content (AvgIpc) is 2.66. The van der Waals surface area contributed by atoms with E-state index in [1.54, 1.807) is 55.5 Å². The molecule has 2 aromatic carbocycles. The molecule has 0 aliphatic carbocycles. The number of rotatable bonds is 10. The van der Waals surface area contributed by atoms with E-state index in [-0.39, 0.29) is 11.3 Å². The van der Waals surface area contributed by atoms with Gasteiger partial charge in [-0.05, 0) is 30.7 Å². The lowest BCUT2D eigenvalue weighted by atomic mass is 10.3. The standard InChI is InChI=1S/C18H21NO7S2/c1-2-17(25-15-9-5-3-6-10-15)18(20)26-27(21,22)14-13-19-28(23,24)16-11-7-4-8-12-16/h3-12,17,19H,2,13-14H2,1H3. The monoisotopic (exact) mass is 427 g/mol. The second-order valence-corrected chi connectivity index (χ2v) is 9.16. The Labute approximate surface area is 164 Å². The molecule has 10 heteroatoms. The Bertz CT molecular complexity index is 975. The summed E-state index contributed by atoms with van der Waals surface area (Å²) in [7, 11) is -8.14. The Morgan fingerprint density at radius 1 is 0.964 bits per heavy atom. The molecule has 8 nitrogen and oxygen atoms in total. The first kappa shape index (κ1) is 21.9. The van der Waals surface area contributed by atoms with Crippen molar-refractivity contribution in [3.63, 3.8) is 0 Å². The number of carbonyl (C=O) groups is 1. The van der Waals surface area contributed by atoms with E-state index >= 15 is 0 Å². The van der Waals surface area contributed by atoms with Gasteiger partial charge in [0.1, 0.15) is 5.75 Å². The molecule has 0 aliphatic rings. The second-order valence-electron chi connectivity index (χ2n) is 5.70. The summed E-state index contributed by atoms with van der Waals surface area (Å²) in [6.45, 7) is 1.21. The first-order valence-corrected chi connectivity index (χ1v) is 11.5. The van der Waals surface area contributed by atoms with Gasteiger partial charge in [-0.15, -0.1) is 0 Å². The van der Waals surface area contributed by atoms with Crippen molar-refractivity contribution in [2.24, 2.45) is 0 Å². The highest BCUT2D eigenvalue weighted by Gasteiger charge is 2.26. The van der Waals surface area contributed by atoms with Gasteiger partial charge in [-0.25, -0.2) is 17.9 Å². The van der Waals surface area contributed by atoms with Gasteiger partial charge in [-0.2, -0.15) is 8.42 Å². The van der Waals surface area contributed by atoms with Gasteiger partial charge >= 0.3 is 16.1 Å². The van der Waals surface area contributed by atoms with Crippen LogP contribution in [0.25, 0.3) is 0 Å². The number of ether oxygens (including phenoxy) is 1. The van der Waals surface area contributed by atoms with Crippen molar-refractivity contribution in [3.05, 3.63) is 60.7 Å². The molecule has 2 aromatic rings. The molecule has 0 spiro atoms. The predicted molar refractivity (Wildman–Crippen MR) is 103 cm³/mol. The van der Waals surface area contributed by atoms with Gasteiger partial charge in [0.25, 0.3) is 0 Å². The van der Waals surface area contributed by atoms with Crippen LogP contribution in [-0.2, 0) is 29.1 Å². The fraction of sp³-hybridized carbons (Fsp3) is 0.278. The summed E-state index contributed by atoms with van der Waals surface area (Å²) in [5.74, 6) is -1.36. The van der Waals surface area contributed by atoms with Crippen molar-refractivity contribution in [3.8, 4) is 5.75 Å². The second kappa shape index (κ2) is 9.67. The van der Waals surface area contributed by atoms with Crippen LogP contribution in [0.5, 0.6) is 5.75 Å². The van der Waals surface area contributed by atoms with E-state index in [9.17, 15) is 21.6 Å². The molecule has 0 aromatic heterocycles. The van der Waals surface area contributed by atoms with E-state index in [4.69, 9.17) is 4.74 Å². The normalized spacial score (nSPS) is 12.9. The number of hydrogen-bond donors (Lipinski definition) is 1. The number of sulfonamides is 1. The zero-order valence-electron chi connectivity index (χ0n) is 15.1. The fourth-order valence-electron chi connectivity index (χ4n) is 2.17. The quantitative estimate of drug-likeness (QED) is 0.574. The van der Waals surface area contributed by atoms with Crippen LogP contribution in [-0.4, -0.2) is 41.2 Å². The maximum absolute atomic E-state index is 12.1. The smallest absolute Gasteiger partial charge is 0.362 e. The summed E-state index contributed by atoms with van der Waals surface area (Å²) in [6.07, 6.45) is -0.901. The van der Waals surface area contributed by atoms with Crippen LogP contribution in [0.3, 0.4) is 0 Å². The van der Waals surface area contributed by atoms with E-state index in [0.717, 1.165) is 0 Å². The topological polar surface area (TPSA) is 116 Å². The van der Waals surface area contributed by atoms with Gasteiger partial charge in [0.2, 0.25) is 10.0 Å². The third-order valence-corrected chi connectivity index (χ3v) is 6.16. The minimum atomic E-state index is -4.29. The van der Waals surface area contributed by atoms with Crippen LogP contribution in [0, 0.1) is 0 Å². The zero-order valence-corrected chi connectivity index (χ0v) is 16.8. The van der Waals surface area contributed by atoms with Crippen molar-refractivity contribution in [1.29, 1.82) is 0 Å². The molecule has 0 aliphatic heterocycles. The van der Waals surface area contributed by atoms with Crippen LogP contribution in [0.4, 0.5) is 0 Å². The lowest BCUT2D eigenvalue weighted by Crippen LogP contribution is -2.34. The van der Waals surface area contributed by atoms with E-state index in [0.29, 0.717) is 5.75 Å². The number of carbonyl (C=O) groups excluding carboxylic acids is 1. The minimum Gasteiger partial charge on any atom is -0.479 e. The zero-order chi connectivity index (χ0) is 20.6. The maximum atomic E-state index is 12.1. The summed E-state index contributed by atoms with van der Waals surface area (Å²) >= 11 is 0. The molecule has 1 atom stereocenters. The molecular weight excluding hydrogens is 406 g/mol. The molecule has 2 rings (SSSR count). The summed E-state index contributed by atoms with van der Waals surface area (Å²) in [6, 6.07) is 16.0. The molecule has 152 valence electrons. The van der Waals surface area contributed by atoms with Crippen LogP contribution in [0.15, 0.2) is 65.6 Å². The third kappa shape index (κ3) is 6.63. The molecule has 0 fully saturated rings. The van der Waals surface area contributed by atoms with Crippen molar-refractivity contribution in [2.75, 3.05) is 12.3 Å². The van der Waals surface area contributed by atoms with Crippen LogP contribution < -0.4 is 9.46 Å². The Kier molecular flexibility index (Phi) is 7.55. The molecule has 0 saturated carbocycles. The van der Waals surface area contributed by atoms with E-state index < -0.39 is 44.5 Å². The third-order valence-electron chi connectivity index (χ3n) is 3.56. The first-order chi connectivity index (χ1) is 13.2. The fourth-order valence-corrected chi connectivity index (χ4v) is 4.14. The van der Waals surface area contributed by atoms with Gasteiger partial charge in [-0.3, -0.25) is 0 Å². The number of benzene rings is 2. The number of para-hydroxylation sites is 1. The molecule has 28 heavy (non-hydrogen) atoms. The van der Waals surface area contributed by atoms with Gasteiger partial charge in [0, 0.05) is 6.54 Å². The van der Waals surface area contributed by atoms with Crippen molar-refractivity contribution >= 4 is 26.1 Å². The van der Waals surface area contributed by atoms with Gasteiger partial charge in [-0.1, -0.05) is 43.3 Å². The van der Waals surface area contributed by atoms with E-state index in [2.05, 4.69) is 8.91 Å². The molecule has 1 unspecified atom stereocenters. The van der Waals surface area contributed by atoms with E-state index in [1.165, 1.54) is 12.1 Å². The molecule has 0 radical (unpaired) electrons. The molecule has 0 heterocycles. The van der Waals surface area contributed by atoms with Gasteiger partial charge < -0.3 is 8.92 Å². The Balaban J connectivity index is 1.90. The molecular formula is C18H21NO7S2. The highest BCUT2D eigenvalue weighted by molar-refractivity contribution is 7.89. The summed E-state index contributed by atoms with van der Waals surface area (Å²) in [4.78, 5) is 12.1. The lowest BCUT2D eigenvalue weighted by Gasteiger charge is -2.16. The van der Waals surface area contributed by atoms with Crippen molar-refractivity contribution in [1.82, 2.24) is 4.72 Å². The lowest BCUT2D eigenvalue weighted by molar-refractivity contribution is -0.141. The summed E-state index contributed by atoms with van der Waals surface area (Å²) in [5, 5.41) is 0. The molecule has 0 bridgehead atoms. The van der Waals surface area contributed by atoms with Crippen LogP contribution in [0.1, 0.15) is 13.3 Å². The van der Waals surface area contributed by atoms with Crippen LogP contribution in [0.2, 0.25) is 0 Å². The predicted octanol–water partition coefficient (Wildman–Crippen LogP) is 1.70. The van der Waals surface area contributed by atoms with Crippen molar-refractivity contribution in [2.45, 2.75) is 24.3 Å². The molecule has 0 saturated heterocycles. The van der Waals surface area contributed by atoms with Gasteiger partial charge in [0.05, 0.1) is 10.6 Å². The Hall–Kier alpha value is -2.43. The minimum absolute atomic E-state index is 0.00620. The maximum Gasteiger partial charge on any atom is 0.362 e. The van der Waals surface area contributed by atoms with Crippen molar-refractivity contribution < 1.29 is 30.6 Å². The highest BCUT2D eigenvalue weighted by atomic mass is 32.2. The molecule has 0 amide bonds. The SMILES string of the molecule is CCC(Oc1ccccc1)C(=O)OS(=O)(=O)CCNS(=O)(=O)c1ccccc1. The summed E-state index contributed by atoms with van der Waals surface area (Å²) in [5.41, 5.74) is 0. The first-order valence-electron chi connectivity index (χ1n) is 8.46. The highest BCUT2D eigenvalue weighted by Crippen LogP contribution is 2.14. The van der Waals surface area contributed by atoms with E-state index in [1.807, 2.05) is 0 Å². The Morgan fingerprint density at radius 2 is 1.54 bits per heavy atom. The summed E-state index contributed by atoms with van der Waals surface area (Å²) < 4.78 is 60.3. The Morgan fingerprint density at radius 3 is 2.11 bits per heavy atom. The van der Waals surface area contributed by atoms with Gasteiger partial charge in [0.15, 0.2) is 6.10 Å². The molecule has 1 N–H and O–H groups in total. The largest absolute Gasteiger partial charge is 0.479 e. The van der Waals surface area contributed by atoms with Crippen LogP contribution >= 0.6 is 0 Å². The number of nitrogens with one attached hydrogen (secondary N) is 1. The number of hydrogen-bond acceptors (Lipinski definition) is 7. The average molecular weight is 428 g/mol.